The minimum Gasteiger partial charge on any atom is -0.379 e. The van der Waals surface area contributed by atoms with E-state index in [1.54, 1.807) is 0 Å². The number of aromatic nitrogens is 2. The molecule has 1 saturated carbocycles. The Labute approximate surface area is 102 Å². The van der Waals surface area contributed by atoms with Crippen LogP contribution in [0.4, 0.5) is 0 Å². The fourth-order valence-corrected chi connectivity index (χ4v) is 2.91. The van der Waals surface area contributed by atoms with Crippen LogP contribution in [-0.4, -0.2) is 35.8 Å². The number of aromatic amines is 1. The Morgan fingerprint density at radius 2 is 2.24 bits per heavy atom. The van der Waals surface area contributed by atoms with Gasteiger partial charge in [0.2, 0.25) is 0 Å². The van der Waals surface area contributed by atoms with Crippen LogP contribution in [0.1, 0.15) is 43.1 Å². The van der Waals surface area contributed by atoms with E-state index in [0.29, 0.717) is 6.04 Å². The normalized spacial score (nSPS) is 26.5. The monoisotopic (exact) mass is 235 g/mol. The average Bonchev–Trinajstić information content (AvgIpc) is 3.00. The van der Waals surface area contributed by atoms with Crippen molar-refractivity contribution in [2.45, 2.75) is 44.1 Å². The first-order valence-electron chi connectivity index (χ1n) is 6.77. The third-order valence-corrected chi connectivity index (χ3v) is 3.88. The Balaban J connectivity index is 1.59. The molecule has 1 atom stereocenters. The second-order valence-corrected chi connectivity index (χ2v) is 5.20. The number of nitrogens with one attached hydrogen (secondary N) is 2. The first-order chi connectivity index (χ1) is 8.42. The Morgan fingerprint density at radius 3 is 3.00 bits per heavy atom. The lowest BCUT2D eigenvalue weighted by Gasteiger charge is -2.22. The molecule has 0 aromatic carbocycles. The molecule has 4 nitrogen and oxygen atoms in total. The van der Waals surface area contributed by atoms with Crippen LogP contribution in [0.5, 0.6) is 0 Å². The second-order valence-electron chi connectivity index (χ2n) is 5.20. The molecule has 1 aliphatic carbocycles. The number of nitrogens with zero attached hydrogens (tertiary/aromatic N) is 1. The fraction of sp³-hybridized carbons (Fsp3) is 0.769. The molecule has 0 bridgehead atoms. The lowest BCUT2D eigenvalue weighted by molar-refractivity contribution is 0.0764. The zero-order chi connectivity index (χ0) is 11.5. The SMILES string of the molecule is c1nc(CC2COCCN2)[nH]c1C1CCCC1. The molecule has 17 heavy (non-hydrogen) atoms. The molecule has 2 aliphatic rings. The molecule has 1 aromatic heterocycles. The molecule has 94 valence electrons. The van der Waals surface area contributed by atoms with Crippen molar-refractivity contribution in [3.8, 4) is 0 Å². The lowest BCUT2D eigenvalue weighted by atomic mass is 10.1. The highest BCUT2D eigenvalue weighted by molar-refractivity contribution is 5.10. The van der Waals surface area contributed by atoms with E-state index in [9.17, 15) is 0 Å². The Morgan fingerprint density at radius 1 is 1.35 bits per heavy atom. The maximum atomic E-state index is 5.46. The van der Waals surface area contributed by atoms with Gasteiger partial charge in [-0.25, -0.2) is 4.98 Å². The maximum absolute atomic E-state index is 5.46. The second kappa shape index (κ2) is 5.19. The summed E-state index contributed by atoms with van der Waals surface area (Å²) in [4.78, 5) is 8.00. The van der Waals surface area contributed by atoms with E-state index in [4.69, 9.17) is 4.74 Å². The number of hydrogen-bond donors (Lipinski definition) is 2. The van der Waals surface area contributed by atoms with Gasteiger partial charge in [-0.1, -0.05) is 12.8 Å². The number of hydrogen-bond acceptors (Lipinski definition) is 3. The highest BCUT2D eigenvalue weighted by atomic mass is 16.5. The summed E-state index contributed by atoms with van der Waals surface area (Å²) in [5, 5.41) is 3.46. The van der Waals surface area contributed by atoms with Gasteiger partial charge < -0.3 is 15.0 Å². The highest BCUT2D eigenvalue weighted by Crippen LogP contribution is 2.32. The largest absolute Gasteiger partial charge is 0.379 e. The van der Waals surface area contributed by atoms with E-state index in [-0.39, 0.29) is 0 Å². The van der Waals surface area contributed by atoms with Crippen LogP contribution in [0.3, 0.4) is 0 Å². The van der Waals surface area contributed by atoms with E-state index >= 15 is 0 Å². The van der Waals surface area contributed by atoms with Crippen LogP contribution < -0.4 is 5.32 Å². The minimum atomic E-state index is 0.423. The van der Waals surface area contributed by atoms with Crippen molar-refractivity contribution in [3.63, 3.8) is 0 Å². The summed E-state index contributed by atoms with van der Waals surface area (Å²) in [5.74, 6) is 1.83. The van der Waals surface area contributed by atoms with Gasteiger partial charge in [0.25, 0.3) is 0 Å². The third-order valence-electron chi connectivity index (χ3n) is 3.88. The summed E-state index contributed by atoms with van der Waals surface area (Å²) in [5.41, 5.74) is 1.34. The van der Waals surface area contributed by atoms with Gasteiger partial charge in [-0.3, -0.25) is 0 Å². The molecule has 1 saturated heterocycles. The molecule has 2 fully saturated rings. The molecule has 3 rings (SSSR count). The first-order valence-corrected chi connectivity index (χ1v) is 6.77. The van der Waals surface area contributed by atoms with Gasteiger partial charge in [-0.05, 0) is 12.8 Å². The van der Waals surface area contributed by atoms with Gasteiger partial charge in [-0.15, -0.1) is 0 Å². The topological polar surface area (TPSA) is 49.9 Å². The average molecular weight is 235 g/mol. The number of H-pyrrole nitrogens is 1. The molecular formula is C13H21N3O. The zero-order valence-corrected chi connectivity index (χ0v) is 10.2. The van der Waals surface area contributed by atoms with E-state index in [1.165, 1.54) is 31.4 Å². The van der Waals surface area contributed by atoms with Crippen LogP contribution in [0, 0.1) is 0 Å². The van der Waals surface area contributed by atoms with E-state index < -0.39 is 0 Å². The summed E-state index contributed by atoms with van der Waals surface area (Å²) in [6.45, 7) is 2.60. The predicted molar refractivity (Wildman–Crippen MR) is 66.1 cm³/mol. The zero-order valence-electron chi connectivity index (χ0n) is 10.2. The van der Waals surface area contributed by atoms with Crippen molar-refractivity contribution >= 4 is 0 Å². The molecular weight excluding hydrogens is 214 g/mol. The summed E-state index contributed by atoms with van der Waals surface area (Å²) in [7, 11) is 0. The highest BCUT2D eigenvalue weighted by Gasteiger charge is 2.20. The fourth-order valence-electron chi connectivity index (χ4n) is 2.91. The Hall–Kier alpha value is -0.870. The van der Waals surface area contributed by atoms with Crippen LogP contribution in [0.15, 0.2) is 6.20 Å². The summed E-state index contributed by atoms with van der Waals surface area (Å²) >= 11 is 0. The van der Waals surface area contributed by atoms with E-state index in [1.807, 2.05) is 6.20 Å². The minimum absolute atomic E-state index is 0.423. The number of rotatable bonds is 3. The molecule has 1 unspecified atom stereocenters. The standard InChI is InChI=1S/C13H21N3O/c1-2-4-10(3-1)12-8-15-13(16-12)7-11-9-17-6-5-14-11/h8,10-11,14H,1-7,9H2,(H,15,16). The molecule has 2 N–H and O–H groups in total. The van der Waals surface area contributed by atoms with E-state index in [0.717, 1.165) is 37.9 Å². The number of morpholine rings is 1. The Kier molecular flexibility index (Phi) is 3.43. The van der Waals surface area contributed by atoms with Crippen molar-refractivity contribution < 1.29 is 4.74 Å². The van der Waals surface area contributed by atoms with Gasteiger partial charge in [-0.2, -0.15) is 0 Å². The van der Waals surface area contributed by atoms with Crippen LogP contribution in [-0.2, 0) is 11.2 Å². The van der Waals surface area contributed by atoms with Crippen molar-refractivity contribution in [1.29, 1.82) is 0 Å². The lowest BCUT2D eigenvalue weighted by Crippen LogP contribution is -2.42. The van der Waals surface area contributed by atoms with E-state index in [2.05, 4.69) is 15.3 Å². The summed E-state index contributed by atoms with van der Waals surface area (Å²) in [6.07, 6.45) is 8.38. The molecule has 2 heterocycles. The quantitative estimate of drug-likeness (QED) is 0.836. The van der Waals surface area contributed by atoms with Crippen LogP contribution >= 0.6 is 0 Å². The van der Waals surface area contributed by atoms with Gasteiger partial charge >= 0.3 is 0 Å². The summed E-state index contributed by atoms with van der Waals surface area (Å²) < 4.78 is 5.46. The van der Waals surface area contributed by atoms with Crippen molar-refractivity contribution in [2.24, 2.45) is 0 Å². The maximum Gasteiger partial charge on any atom is 0.107 e. The van der Waals surface area contributed by atoms with Gasteiger partial charge in [0.15, 0.2) is 0 Å². The molecule has 1 aliphatic heterocycles. The number of imidazole rings is 1. The molecule has 0 spiro atoms. The van der Waals surface area contributed by atoms with Crippen molar-refractivity contribution in [1.82, 2.24) is 15.3 Å². The molecule has 4 heteroatoms. The van der Waals surface area contributed by atoms with Crippen molar-refractivity contribution in [3.05, 3.63) is 17.7 Å². The summed E-state index contributed by atoms with van der Waals surface area (Å²) in [6, 6.07) is 0.423. The molecule has 0 amide bonds. The first kappa shape index (κ1) is 11.2. The van der Waals surface area contributed by atoms with Gasteiger partial charge in [0.05, 0.1) is 13.2 Å². The third kappa shape index (κ3) is 2.69. The van der Waals surface area contributed by atoms with Crippen molar-refractivity contribution in [2.75, 3.05) is 19.8 Å². The predicted octanol–water partition coefficient (Wildman–Crippen LogP) is 1.60. The van der Waals surface area contributed by atoms with Crippen LogP contribution in [0.2, 0.25) is 0 Å². The van der Waals surface area contributed by atoms with Crippen LogP contribution in [0.25, 0.3) is 0 Å². The van der Waals surface area contributed by atoms with Gasteiger partial charge in [0, 0.05) is 36.8 Å². The smallest absolute Gasteiger partial charge is 0.107 e. The van der Waals surface area contributed by atoms with Gasteiger partial charge in [0.1, 0.15) is 5.82 Å². The molecule has 0 radical (unpaired) electrons. The number of ether oxygens (including phenoxy) is 1. The molecule has 1 aromatic rings. The Bertz CT molecular complexity index is 351.